The zero-order chi connectivity index (χ0) is 23.3. The average Bonchev–Trinajstić information content (AvgIpc) is 2.69. The number of aryl methyl sites for hydroxylation is 1. The molecule has 170 valence electrons. The van der Waals surface area contributed by atoms with Gasteiger partial charge in [-0.2, -0.15) is 13.2 Å². The van der Waals surface area contributed by atoms with Crippen molar-refractivity contribution in [1.82, 2.24) is 4.90 Å². The highest BCUT2D eigenvalue weighted by Gasteiger charge is 2.36. The van der Waals surface area contributed by atoms with E-state index in [9.17, 15) is 18.0 Å². The van der Waals surface area contributed by atoms with E-state index in [2.05, 4.69) is 0 Å². The number of hydrogen-bond acceptors (Lipinski definition) is 4. The van der Waals surface area contributed by atoms with Crippen LogP contribution in [-0.2, 0) is 10.9 Å². The molecule has 0 N–H and O–H groups in total. The standard InChI is InChI=1S/C24H25F3N2O3/c1-15-7-9-18-20(12-15)31-21-13-16(24(25,26)27)8-10-19(21)29(18)17-6-5-11-28(14-17)22(30)32-23(2,3)4/h5-10,12-13,17H,11,14H2,1-4H3/t17-/m1/s1. The third kappa shape index (κ3) is 4.40. The van der Waals surface area contributed by atoms with Gasteiger partial charge in [0.1, 0.15) is 5.60 Å². The van der Waals surface area contributed by atoms with Crippen LogP contribution in [0, 0.1) is 6.92 Å². The van der Waals surface area contributed by atoms with Gasteiger partial charge in [-0.15, -0.1) is 0 Å². The van der Waals surface area contributed by atoms with Gasteiger partial charge in [0.2, 0.25) is 0 Å². The predicted molar refractivity (Wildman–Crippen MR) is 116 cm³/mol. The Morgan fingerprint density at radius 3 is 2.38 bits per heavy atom. The molecule has 1 amide bonds. The summed E-state index contributed by atoms with van der Waals surface area (Å²) in [4.78, 5) is 16.1. The monoisotopic (exact) mass is 446 g/mol. The van der Waals surface area contributed by atoms with E-state index in [-0.39, 0.29) is 11.8 Å². The number of benzene rings is 2. The highest BCUT2D eigenvalue weighted by atomic mass is 19.4. The molecule has 0 saturated carbocycles. The summed E-state index contributed by atoms with van der Waals surface area (Å²) in [6, 6.07) is 8.77. The van der Waals surface area contributed by atoms with E-state index in [1.807, 2.05) is 36.1 Å². The number of anilines is 2. The molecule has 0 saturated heterocycles. The van der Waals surface area contributed by atoms with Crippen molar-refractivity contribution in [3.05, 3.63) is 59.7 Å². The van der Waals surface area contributed by atoms with E-state index < -0.39 is 23.4 Å². The van der Waals surface area contributed by atoms with Crippen LogP contribution in [0.25, 0.3) is 0 Å². The lowest BCUT2D eigenvalue weighted by molar-refractivity contribution is -0.137. The van der Waals surface area contributed by atoms with E-state index in [1.165, 1.54) is 6.07 Å². The van der Waals surface area contributed by atoms with Crippen molar-refractivity contribution in [3.8, 4) is 11.5 Å². The van der Waals surface area contributed by atoms with Crippen LogP contribution in [0.5, 0.6) is 11.5 Å². The van der Waals surface area contributed by atoms with Crippen LogP contribution in [0.2, 0.25) is 0 Å². The van der Waals surface area contributed by atoms with E-state index in [0.29, 0.717) is 24.5 Å². The largest absolute Gasteiger partial charge is 0.453 e. The molecule has 0 bridgehead atoms. The molecule has 4 rings (SSSR count). The number of nitrogens with zero attached hydrogens (tertiary/aromatic N) is 2. The maximum absolute atomic E-state index is 13.3. The van der Waals surface area contributed by atoms with Crippen molar-refractivity contribution in [2.45, 2.75) is 45.5 Å². The van der Waals surface area contributed by atoms with E-state index >= 15 is 0 Å². The number of carbonyl (C=O) groups is 1. The first-order valence-corrected chi connectivity index (χ1v) is 10.4. The lowest BCUT2D eigenvalue weighted by atomic mass is 10.0. The normalized spacial score (nSPS) is 18.0. The second kappa shape index (κ2) is 7.76. The van der Waals surface area contributed by atoms with Gasteiger partial charge in [-0.3, -0.25) is 0 Å². The first-order chi connectivity index (χ1) is 14.9. The fourth-order valence-electron chi connectivity index (χ4n) is 3.83. The van der Waals surface area contributed by atoms with Gasteiger partial charge in [-0.25, -0.2) is 4.79 Å². The number of rotatable bonds is 1. The van der Waals surface area contributed by atoms with Crippen LogP contribution in [0.4, 0.5) is 29.3 Å². The van der Waals surface area contributed by atoms with Gasteiger partial charge >= 0.3 is 12.3 Å². The Morgan fingerprint density at radius 2 is 1.72 bits per heavy atom. The summed E-state index contributed by atoms with van der Waals surface area (Å²) in [6.07, 6.45) is -1.09. The molecule has 0 aliphatic carbocycles. The van der Waals surface area contributed by atoms with Crippen LogP contribution in [-0.4, -0.2) is 35.7 Å². The Kier molecular flexibility index (Phi) is 5.35. The van der Waals surface area contributed by atoms with Crippen molar-refractivity contribution in [2.75, 3.05) is 18.0 Å². The molecule has 2 aliphatic heterocycles. The predicted octanol–water partition coefficient (Wildman–Crippen LogP) is 6.43. The molecular formula is C24H25F3N2O3. The molecule has 2 heterocycles. The van der Waals surface area contributed by atoms with Gasteiger partial charge in [0.25, 0.3) is 0 Å². The Hall–Kier alpha value is -3.16. The van der Waals surface area contributed by atoms with Gasteiger partial charge in [-0.1, -0.05) is 18.2 Å². The summed E-state index contributed by atoms with van der Waals surface area (Å²) in [5.74, 6) is 0.598. The quantitative estimate of drug-likeness (QED) is 0.473. The molecule has 2 aromatic rings. The highest BCUT2D eigenvalue weighted by molar-refractivity contribution is 5.80. The smallest absolute Gasteiger partial charge is 0.416 e. The van der Waals surface area contributed by atoms with Crippen molar-refractivity contribution in [3.63, 3.8) is 0 Å². The molecule has 2 aliphatic rings. The third-order valence-corrected chi connectivity index (χ3v) is 5.22. The second-order valence-corrected chi connectivity index (χ2v) is 9.00. The van der Waals surface area contributed by atoms with E-state index in [4.69, 9.17) is 9.47 Å². The average molecular weight is 446 g/mol. The minimum absolute atomic E-state index is 0.126. The molecule has 5 nitrogen and oxygen atoms in total. The molecule has 32 heavy (non-hydrogen) atoms. The fraction of sp³-hybridized carbons (Fsp3) is 0.375. The second-order valence-electron chi connectivity index (χ2n) is 9.00. The van der Waals surface area contributed by atoms with Gasteiger partial charge in [-0.05, 0) is 63.6 Å². The molecule has 1 atom stereocenters. The van der Waals surface area contributed by atoms with Gasteiger partial charge < -0.3 is 19.3 Å². The Morgan fingerprint density at radius 1 is 1.06 bits per heavy atom. The van der Waals surface area contributed by atoms with Gasteiger partial charge in [0, 0.05) is 13.1 Å². The molecule has 8 heteroatoms. The van der Waals surface area contributed by atoms with Crippen LogP contribution < -0.4 is 9.64 Å². The number of ether oxygens (including phenoxy) is 2. The number of carbonyl (C=O) groups excluding carboxylic acids is 1. The summed E-state index contributed by atoms with van der Waals surface area (Å²) < 4.78 is 51.3. The Labute approximate surface area is 185 Å². The number of amides is 1. The third-order valence-electron chi connectivity index (χ3n) is 5.22. The summed E-state index contributed by atoms with van der Waals surface area (Å²) >= 11 is 0. The molecule has 0 radical (unpaired) electrons. The number of fused-ring (bicyclic) bond motifs is 2. The molecule has 2 aromatic carbocycles. The van der Waals surface area contributed by atoms with E-state index in [1.54, 1.807) is 31.7 Å². The lowest BCUT2D eigenvalue weighted by Crippen LogP contribution is -2.48. The number of halogens is 3. The Balaban J connectivity index is 1.73. The minimum Gasteiger partial charge on any atom is -0.453 e. The summed E-state index contributed by atoms with van der Waals surface area (Å²) in [6.45, 7) is 8.02. The maximum atomic E-state index is 13.3. The topological polar surface area (TPSA) is 42.0 Å². The Bertz CT molecular complexity index is 1070. The van der Waals surface area contributed by atoms with Crippen molar-refractivity contribution < 1.29 is 27.4 Å². The van der Waals surface area contributed by atoms with Crippen LogP contribution in [0.15, 0.2) is 48.6 Å². The van der Waals surface area contributed by atoms with Gasteiger partial charge in [0.05, 0.1) is 23.0 Å². The van der Waals surface area contributed by atoms with Crippen molar-refractivity contribution in [1.29, 1.82) is 0 Å². The fourth-order valence-corrected chi connectivity index (χ4v) is 3.83. The molecule has 0 unspecified atom stereocenters. The molecule has 0 fully saturated rings. The first-order valence-electron chi connectivity index (χ1n) is 10.4. The lowest BCUT2D eigenvalue weighted by Gasteiger charge is -2.41. The maximum Gasteiger partial charge on any atom is 0.416 e. The first kappa shape index (κ1) is 22.0. The minimum atomic E-state index is -4.48. The van der Waals surface area contributed by atoms with Crippen molar-refractivity contribution >= 4 is 17.5 Å². The molecule has 0 spiro atoms. The number of alkyl halides is 3. The summed E-state index contributed by atoms with van der Waals surface area (Å²) in [5, 5.41) is 0. The van der Waals surface area contributed by atoms with Crippen LogP contribution >= 0.6 is 0 Å². The summed E-state index contributed by atoms with van der Waals surface area (Å²) in [7, 11) is 0. The highest BCUT2D eigenvalue weighted by Crippen LogP contribution is 2.50. The SMILES string of the molecule is Cc1ccc2c(c1)Oc1cc(C(F)(F)F)ccc1N2[C@@H]1C=CCN(C(=O)OC(C)(C)C)C1. The van der Waals surface area contributed by atoms with Crippen molar-refractivity contribution in [2.24, 2.45) is 0 Å². The van der Waals surface area contributed by atoms with Crippen LogP contribution in [0.1, 0.15) is 31.9 Å². The number of hydrogen-bond donors (Lipinski definition) is 0. The van der Waals surface area contributed by atoms with E-state index in [0.717, 1.165) is 23.4 Å². The zero-order valence-corrected chi connectivity index (χ0v) is 18.4. The molecule has 0 aromatic heterocycles. The molecular weight excluding hydrogens is 421 g/mol. The summed E-state index contributed by atoms with van der Waals surface area (Å²) in [5.41, 5.74) is 0.756. The zero-order valence-electron chi connectivity index (χ0n) is 18.4. The van der Waals surface area contributed by atoms with Crippen LogP contribution in [0.3, 0.4) is 0 Å². The van der Waals surface area contributed by atoms with Gasteiger partial charge in [0.15, 0.2) is 11.5 Å².